The van der Waals surface area contributed by atoms with Crippen LogP contribution in [0.5, 0.6) is 0 Å². The Labute approximate surface area is 136 Å². The van der Waals surface area contributed by atoms with Gasteiger partial charge >= 0.3 is 0 Å². The average Bonchev–Trinajstić information content (AvgIpc) is 2.78. The van der Waals surface area contributed by atoms with Crippen molar-refractivity contribution in [2.75, 3.05) is 7.05 Å². The quantitative estimate of drug-likeness (QED) is 0.808. The topological polar surface area (TPSA) is 29.9 Å². The molecule has 1 unspecified atom stereocenters. The molecule has 0 saturated carbocycles. The monoisotopic (exact) mass is 323 g/mol. The number of nitrogens with one attached hydrogen (secondary N) is 1. The molecule has 5 heteroatoms. The second kappa shape index (κ2) is 7.34. The van der Waals surface area contributed by atoms with Crippen LogP contribution in [0.1, 0.15) is 36.8 Å². The highest BCUT2D eigenvalue weighted by Crippen LogP contribution is 2.29. The van der Waals surface area contributed by atoms with Gasteiger partial charge in [0.05, 0.1) is 16.4 Å². The molecule has 0 saturated heterocycles. The van der Waals surface area contributed by atoms with Crippen molar-refractivity contribution < 1.29 is 0 Å². The van der Waals surface area contributed by atoms with Gasteiger partial charge in [-0.3, -0.25) is 4.68 Å². The predicted octanol–water partition coefficient (Wildman–Crippen LogP) is 4.21. The minimum absolute atomic E-state index is 0.359. The van der Waals surface area contributed by atoms with E-state index in [1.165, 1.54) is 10.5 Å². The van der Waals surface area contributed by atoms with E-state index in [0.717, 1.165) is 28.6 Å². The molecular formula is C16H22ClN3S. The fourth-order valence-electron chi connectivity index (χ4n) is 2.17. The molecule has 21 heavy (non-hydrogen) atoms. The number of aromatic nitrogens is 2. The first-order valence-corrected chi connectivity index (χ1v) is 8.53. The number of thioether (sulfide) groups is 1. The maximum absolute atomic E-state index is 6.39. The minimum Gasteiger partial charge on any atom is -0.313 e. The summed E-state index contributed by atoms with van der Waals surface area (Å²) in [5.74, 6) is 0.833. The molecule has 0 bridgehead atoms. The van der Waals surface area contributed by atoms with Crippen LogP contribution < -0.4 is 5.32 Å². The Balaban J connectivity index is 2.11. The van der Waals surface area contributed by atoms with E-state index in [2.05, 4.69) is 48.5 Å². The molecule has 2 aromatic rings. The summed E-state index contributed by atoms with van der Waals surface area (Å²) < 4.78 is 1.90. The van der Waals surface area contributed by atoms with Crippen molar-refractivity contribution in [3.05, 3.63) is 46.2 Å². The molecule has 0 aliphatic heterocycles. The lowest BCUT2D eigenvalue weighted by molar-refractivity contribution is 0.651. The maximum Gasteiger partial charge on any atom is 0.0858 e. The molecule has 0 spiro atoms. The van der Waals surface area contributed by atoms with E-state index in [0.29, 0.717) is 6.04 Å². The van der Waals surface area contributed by atoms with Gasteiger partial charge in [-0.05, 0) is 38.1 Å². The molecule has 2 rings (SSSR count). The van der Waals surface area contributed by atoms with E-state index in [1.807, 2.05) is 18.8 Å². The first-order valence-electron chi connectivity index (χ1n) is 7.17. The average molecular weight is 324 g/mol. The van der Waals surface area contributed by atoms with Crippen molar-refractivity contribution in [3.8, 4) is 0 Å². The van der Waals surface area contributed by atoms with Gasteiger partial charge in [-0.2, -0.15) is 5.10 Å². The summed E-state index contributed by atoms with van der Waals surface area (Å²) in [6.45, 7) is 4.24. The SMILES string of the molecule is CCc1nn(C)c(CSc2cccc(C(C)NC)c2)c1Cl. The van der Waals surface area contributed by atoms with Crippen LogP contribution in [0.4, 0.5) is 0 Å². The van der Waals surface area contributed by atoms with Crippen LogP contribution in [0.15, 0.2) is 29.2 Å². The standard InChI is InChI=1S/C16H22ClN3S/c1-5-14-16(17)15(20(4)19-14)10-21-13-8-6-7-12(9-13)11(2)18-3/h6-9,11,18H,5,10H2,1-4H3. The first-order chi connectivity index (χ1) is 10.1. The lowest BCUT2D eigenvalue weighted by atomic mass is 10.1. The van der Waals surface area contributed by atoms with Gasteiger partial charge in [-0.15, -0.1) is 11.8 Å². The van der Waals surface area contributed by atoms with Crippen molar-refractivity contribution in [1.29, 1.82) is 0 Å². The molecule has 0 radical (unpaired) electrons. The Bertz CT molecular complexity index is 610. The highest BCUT2D eigenvalue weighted by Gasteiger charge is 2.13. The van der Waals surface area contributed by atoms with Crippen molar-refractivity contribution >= 4 is 23.4 Å². The molecular weight excluding hydrogens is 302 g/mol. The molecule has 0 aliphatic carbocycles. The number of hydrogen-bond donors (Lipinski definition) is 1. The number of rotatable bonds is 6. The van der Waals surface area contributed by atoms with Gasteiger partial charge < -0.3 is 5.32 Å². The predicted molar refractivity (Wildman–Crippen MR) is 91.1 cm³/mol. The summed E-state index contributed by atoms with van der Waals surface area (Å²) >= 11 is 8.19. The number of hydrogen-bond acceptors (Lipinski definition) is 3. The summed E-state index contributed by atoms with van der Waals surface area (Å²) in [5, 5.41) is 8.54. The van der Waals surface area contributed by atoms with Gasteiger partial charge in [0.2, 0.25) is 0 Å². The zero-order valence-electron chi connectivity index (χ0n) is 13.0. The van der Waals surface area contributed by atoms with Crippen LogP contribution in [-0.4, -0.2) is 16.8 Å². The van der Waals surface area contributed by atoms with Crippen molar-refractivity contribution in [3.63, 3.8) is 0 Å². The second-order valence-electron chi connectivity index (χ2n) is 5.06. The number of nitrogens with zero attached hydrogens (tertiary/aromatic N) is 2. The zero-order chi connectivity index (χ0) is 15.4. The third kappa shape index (κ3) is 3.82. The highest BCUT2D eigenvalue weighted by atomic mass is 35.5. The molecule has 1 heterocycles. The van der Waals surface area contributed by atoms with Crippen molar-refractivity contribution in [2.45, 2.75) is 37.0 Å². The fraction of sp³-hybridized carbons (Fsp3) is 0.438. The second-order valence-corrected chi connectivity index (χ2v) is 6.48. The molecule has 1 aromatic carbocycles. The van der Waals surface area contributed by atoms with E-state index in [-0.39, 0.29) is 0 Å². The largest absolute Gasteiger partial charge is 0.313 e. The van der Waals surface area contributed by atoms with E-state index in [9.17, 15) is 0 Å². The normalized spacial score (nSPS) is 12.6. The van der Waals surface area contributed by atoms with Crippen LogP contribution in [0.3, 0.4) is 0 Å². The van der Waals surface area contributed by atoms with Gasteiger partial charge in [0, 0.05) is 23.7 Å². The Morgan fingerprint density at radius 2 is 2.19 bits per heavy atom. The van der Waals surface area contributed by atoms with E-state index in [1.54, 1.807) is 11.8 Å². The van der Waals surface area contributed by atoms with Gasteiger partial charge in [0.25, 0.3) is 0 Å². The van der Waals surface area contributed by atoms with Crippen molar-refractivity contribution in [2.24, 2.45) is 7.05 Å². The van der Waals surface area contributed by atoms with Crippen molar-refractivity contribution in [1.82, 2.24) is 15.1 Å². The van der Waals surface area contributed by atoms with E-state index >= 15 is 0 Å². The Morgan fingerprint density at radius 1 is 1.43 bits per heavy atom. The lowest BCUT2D eigenvalue weighted by Crippen LogP contribution is -2.12. The summed E-state index contributed by atoms with van der Waals surface area (Å²) in [6, 6.07) is 8.99. The minimum atomic E-state index is 0.359. The Morgan fingerprint density at radius 3 is 2.81 bits per heavy atom. The van der Waals surface area contributed by atoms with Crippen LogP contribution >= 0.6 is 23.4 Å². The van der Waals surface area contributed by atoms with Crippen LogP contribution in [0.25, 0.3) is 0 Å². The summed E-state index contributed by atoms with van der Waals surface area (Å²) in [4.78, 5) is 1.25. The Kier molecular flexibility index (Phi) is 5.73. The smallest absolute Gasteiger partial charge is 0.0858 e. The molecule has 1 N–H and O–H groups in total. The molecule has 3 nitrogen and oxygen atoms in total. The van der Waals surface area contributed by atoms with Gasteiger partial charge in [0.15, 0.2) is 0 Å². The van der Waals surface area contributed by atoms with Crippen LogP contribution in [0.2, 0.25) is 5.02 Å². The van der Waals surface area contributed by atoms with Crippen LogP contribution in [-0.2, 0) is 19.2 Å². The van der Waals surface area contributed by atoms with Gasteiger partial charge in [-0.1, -0.05) is 30.7 Å². The number of benzene rings is 1. The fourth-order valence-corrected chi connectivity index (χ4v) is 3.64. The Hall–Kier alpha value is -0.970. The van der Waals surface area contributed by atoms with Crippen LogP contribution in [0, 0.1) is 0 Å². The molecule has 1 aromatic heterocycles. The number of aryl methyl sites for hydroxylation is 2. The third-order valence-electron chi connectivity index (χ3n) is 3.67. The third-order valence-corrected chi connectivity index (χ3v) is 5.11. The van der Waals surface area contributed by atoms with E-state index in [4.69, 9.17) is 11.6 Å². The summed E-state index contributed by atoms with van der Waals surface area (Å²) in [5.41, 5.74) is 3.37. The lowest BCUT2D eigenvalue weighted by Gasteiger charge is -2.12. The first kappa shape index (κ1) is 16.4. The molecule has 0 aliphatic rings. The van der Waals surface area contributed by atoms with Gasteiger partial charge in [0.1, 0.15) is 0 Å². The molecule has 114 valence electrons. The van der Waals surface area contributed by atoms with E-state index < -0.39 is 0 Å². The molecule has 0 amide bonds. The van der Waals surface area contributed by atoms with Gasteiger partial charge in [-0.25, -0.2) is 0 Å². The summed E-state index contributed by atoms with van der Waals surface area (Å²) in [6.07, 6.45) is 0.868. The number of halogens is 1. The molecule has 1 atom stereocenters. The maximum atomic E-state index is 6.39. The highest BCUT2D eigenvalue weighted by molar-refractivity contribution is 7.98. The molecule has 0 fully saturated rings. The summed E-state index contributed by atoms with van der Waals surface area (Å²) in [7, 11) is 3.94. The zero-order valence-corrected chi connectivity index (χ0v) is 14.6.